The summed E-state index contributed by atoms with van der Waals surface area (Å²) in [7, 11) is 2.15. The molecule has 4 heterocycles. The third kappa shape index (κ3) is 3.68. The highest BCUT2D eigenvalue weighted by atomic mass is 19.1. The summed E-state index contributed by atoms with van der Waals surface area (Å²) >= 11 is 0. The zero-order valence-corrected chi connectivity index (χ0v) is 15.0. The normalized spacial score (nSPS) is 22.3. The molecule has 0 saturated carbocycles. The largest absolute Gasteiger partial charge is 0.373 e. The highest BCUT2D eigenvalue weighted by Gasteiger charge is 2.44. The Morgan fingerprint density at radius 3 is 2.73 bits per heavy atom. The van der Waals surface area contributed by atoms with E-state index in [1.807, 2.05) is 12.3 Å². The van der Waals surface area contributed by atoms with Crippen LogP contribution in [-0.2, 0) is 11.3 Å². The fourth-order valence-electron chi connectivity index (χ4n) is 3.94. The van der Waals surface area contributed by atoms with Gasteiger partial charge in [0.25, 0.3) is 0 Å². The van der Waals surface area contributed by atoms with Crippen LogP contribution in [0, 0.1) is 5.82 Å². The molecule has 2 aliphatic rings. The van der Waals surface area contributed by atoms with Crippen LogP contribution in [0.2, 0.25) is 0 Å². The average molecular weight is 357 g/mol. The van der Waals surface area contributed by atoms with Crippen LogP contribution in [0.15, 0.2) is 36.9 Å². The van der Waals surface area contributed by atoms with Crippen LogP contribution in [-0.4, -0.2) is 58.2 Å². The van der Waals surface area contributed by atoms with Gasteiger partial charge in [0.1, 0.15) is 0 Å². The van der Waals surface area contributed by atoms with Gasteiger partial charge in [0.05, 0.1) is 24.6 Å². The maximum Gasteiger partial charge on any atom is 0.225 e. The van der Waals surface area contributed by atoms with Crippen molar-refractivity contribution in [2.45, 2.75) is 37.5 Å². The van der Waals surface area contributed by atoms with E-state index < -0.39 is 5.82 Å². The van der Waals surface area contributed by atoms with Crippen LogP contribution < -0.4 is 4.90 Å². The molecule has 1 atom stereocenters. The minimum absolute atomic E-state index is 0.0512. The zero-order chi connectivity index (χ0) is 18.0. The summed E-state index contributed by atoms with van der Waals surface area (Å²) in [6.45, 7) is 3.33. The van der Waals surface area contributed by atoms with Gasteiger partial charge in [-0.2, -0.15) is 0 Å². The number of anilines is 1. The van der Waals surface area contributed by atoms with E-state index >= 15 is 0 Å². The van der Waals surface area contributed by atoms with Crippen molar-refractivity contribution in [3.8, 4) is 0 Å². The van der Waals surface area contributed by atoms with E-state index in [1.54, 1.807) is 6.20 Å². The Balaban J connectivity index is 1.33. The molecule has 0 radical (unpaired) electrons. The fourth-order valence-corrected chi connectivity index (χ4v) is 3.94. The molecule has 0 aliphatic carbocycles. The van der Waals surface area contributed by atoms with Crippen molar-refractivity contribution in [3.63, 3.8) is 0 Å². The predicted octanol–water partition coefficient (Wildman–Crippen LogP) is 2.27. The Morgan fingerprint density at radius 1 is 1.27 bits per heavy atom. The lowest BCUT2D eigenvalue weighted by Crippen LogP contribution is -2.45. The second kappa shape index (κ2) is 7.25. The number of ether oxygens (including phenoxy) is 1. The Kier molecular flexibility index (Phi) is 4.82. The topological polar surface area (TPSA) is 54.4 Å². The maximum atomic E-state index is 13.0. The minimum Gasteiger partial charge on any atom is -0.373 e. The quantitative estimate of drug-likeness (QED) is 0.837. The molecular formula is C19H24FN5O. The van der Waals surface area contributed by atoms with Crippen LogP contribution in [0.25, 0.3) is 0 Å². The van der Waals surface area contributed by atoms with E-state index in [1.165, 1.54) is 18.0 Å². The Labute approximate surface area is 153 Å². The van der Waals surface area contributed by atoms with Crippen LogP contribution in [0.5, 0.6) is 0 Å². The molecule has 4 rings (SSSR count). The molecule has 1 unspecified atom stereocenters. The summed E-state index contributed by atoms with van der Waals surface area (Å²) in [6, 6.07) is 4.50. The molecule has 0 aromatic carbocycles. The highest BCUT2D eigenvalue weighted by molar-refractivity contribution is 5.30. The number of hydrogen-bond donors (Lipinski definition) is 0. The SMILES string of the molecule is CN(Cc1cccnc1)C1COC2(CCN(c3ncc(F)cn3)CC2)C1. The molecule has 2 saturated heterocycles. The zero-order valence-electron chi connectivity index (χ0n) is 15.0. The summed E-state index contributed by atoms with van der Waals surface area (Å²) in [6.07, 6.45) is 9.11. The van der Waals surface area contributed by atoms with Gasteiger partial charge in [0, 0.05) is 38.1 Å². The molecule has 2 aromatic heterocycles. The van der Waals surface area contributed by atoms with E-state index in [0.29, 0.717) is 12.0 Å². The lowest BCUT2D eigenvalue weighted by atomic mass is 9.87. The molecule has 2 fully saturated rings. The molecule has 1 spiro atoms. The standard InChI is InChI=1S/C19H24FN5O/c1-24(13-15-3-2-6-21-10-15)17-9-19(26-14-17)4-7-25(8-5-19)18-22-11-16(20)12-23-18/h2-3,6,10-12,17H,4-5,7-9,13-14H2,1H3. The number of nitrogens with zero attached hydrogens (tertiary/aromatic N) is 5. The van der Waals surface area contributed by atoms with E-state index in [2.05, 4.69) is 37.9 Å². The van der Waals surface area contributed by atoms with Crippen molar-refractivity contribution < 1.29 is 9.13 Å². The molecule has 0 bridgehead atoms. The van der Waals surface area contributed by atoms with E-state index in [9.17, 15) is 4.39 Å². The van der Waals surface area contributed by atoms with E-state index in [-0.39, 0.29) is 5.60 Å². The number of hydrogen-bond acceptors (Lipinski definition) is 6. The third-order valence-electron chi connectivity index (χ3n) is 5.53. The van der Waals surface area contributed by atoms with Gasteiger partial charge in [-0.15, -0.1) is 0 Å². The summed E-state index contributed by atoms with van der Waals surface area (Å²) < 4.78 is 19.3. The van der Waals surface area contributed by atoms with Gasteiger partial charge < -0.3 is 9.64 Å². The number of pyridine rings is 1. The van der Waals surface area contributed by atoms with Gasteiger partial charge in [0.2, 0.25) is 5.95 Å². The lowest BCUT2D eigenvalue weighted by molar-refractivity contribution is -0.0159. The van der Waals surface area contributed by atoms with Gasteiger partial charge in [0.15, 0.2) is 5.82 Å². The second-order valence-corrected chi connectivity index (χ2v) is 7.32. The number of aromatic nitrogens is 3. The molecule has 2 aromatic rings. The molecule has 7 heteroatoms. The molecule has 0 amide bonds. The van der Waals surface area contributed by atoms with Crippen LogP contribution in [0.1, 0.15) is 24.8 Å². The molecule has 2 aliphatic heterocycles. The summed E-state index contributed by atoms with van der Waals surface area (Å²) in [5.41, 5.74) is 1.17. The second-order valence-electron chi connectivity index (χ2n) is 7.32. The first kappa shape index (κ1) is 17.3. The monoisotopic (exact) mass is 357 g/mol. The third-order valence-corrected chi connectivity index (χ3v) is 5.53. The minimum atomic E-state index is -0.402. The van der Waals surface area contributed by atoms with E-state index in [0.717, 1.165) is 45.5 Å². The highest BCUT2D eigenvalue weighted by Crippen LogP contribution is 2.38. The Hall–Kier alpha value is -2.12. The van der Waals surface area contributed by atoms with Crippen LogP contribution in [0.4, 0.5) is 10.3 Å². The molecule has 6 nitrogen and oxygen atoms in total. The number of halogens is 1. The molecule has 0 N–H and O–H groups in total. The first-order chi connectivity index (χ1) is 12.6. The number of piperidine rings is 1. The van der Waals surface area contributed by atoms with Crippen molar-refractivity contribution >= 4 is 5.95 Å². The Morgan fingerprint density at radius 2 is 2.04 bits per heavy atom. The molecular weight excluding hydrogens is 333 g/mol. The maximum absolute atomic E-state index is 13.0. The Bertz CT molecular complexity index is 718. The average Bonchev–Trinajstić information content (AvgIpc) is 3.08. The van der Waals surface area contributed by atoms with Gasteiger partial charge in [-0.05, 0) is 37.9 Å². The summed E-state index contributed by atoms with van der Waals surface area (Å²) in [5.74, 6) is 0.199. The smallest absolute Gasteiger partial charge is 0.225 e. The first-order valence-electron chi connectivity index (χ1n) is 9.09. The number of rotatable bonds is 4. The number of likely N-dealkylation sites (N-methyl/N-ethyl adjacent to an activating group) is 1. The van der Waals surface area contributed by atoms with Gasteiger partial charge in [-0.3, -0.25) is 9.88 Å². The summed E-state index contributed by atoms with van der Waals surface area (Å²) in [5, 5.41) is 0. The van der Waals surface area contributed by atoms with Crippen molar-refractivity contribution in [1.29, 1.82) is 0 Å². The van der Waals surface area contributed by atoms with Crippen molar-refractivity contribution in [1.82, 2.24) is 19.9 Å². The fraction of sp³-hybridized carbons (Fsp3) is 0.526. The van der Waals surface area contributed by atoms with Crippen molar-refractivity contribution in [2.24, 2.45) is 0 Å². The van der Waals surface area contributed by atoms with Gasteiger partial charge in [-0.1, -0.05) is 6.07 Å². The van der Waals surface area contributed by atoms with Crippen LogP contribution in [0.3, 0.4) is 0 Å². The van der Waals surface area contributed by atoms with Crippen LogP contribution >= 0.6 is 0 Å². The van der Waals surface area contributed by atoms with E-state index in [4.69, 9.17) is 4.74 Å². The molecule has 138 valence electrons. The first-order valence-corrected chi connectivity index (χ1v) is 9.09. The van der Waals surface area contributed by atoms with Crippen molar-refractivity contribution in [3.05, 3.63) is 48.3 Å². The lowest BCUT2D eigenvalue weighted by Gasteiger charge is -2.38. The van der Waals surface area contributed by atoms with Gasteiger partial charge >= 0.3 is 0 Å². The van der Waals surface area contributed by atoms with Crippen molar-refractivity contribution in [2.75, 3.05) is 31.6 Å². The van der Waals surface area contributed by atoms with Gasteiger partial charge in [-0.25, -0.2) is 14.4 Å². The molecule has 26 heavy (non-hydrogen) atoms. The predicted molar refractivity (Wildman–Crippen MR) is 96.2 cm³/mol. The summed E-state index contributed by atoms with van der Waals surface area (Å²) in [4.78, 5) is 16.8.